The number of para-hydroxylation sites is 1. The summed E-state index contributed by atoms with van der Waals surface area (Å²) in [6, 6.07) is 6.97. The first kappa shape index (κ1) is 15.8. The highest BCUT2D eigenvalue weighted by Crippen LogP contribution is 2.27. The molecule has 6 heteroatoms. The van der Waals surface area contributed by atoms with Crippen molar-refractivity contribution in [2.75, 3.05) is 20.7 Å². The summed E-state index contributed by atoms with van der Waals surface area (Å²) >= 11 is 0. The molecule has 1 rings (SSSR count). The Kier molecular flexibility index (Phi) is 5.83. The lowest BCUT2D eigenvalue weighted by Crippen LogP contribution is -2.39. The molecule has 0 spiro atoms. The van der Waals surface area contributed by atoms with Crippen LogP contribution in [-0.4, -0.2) is 42.7 Å². The maximum Gasteiger partial charge on any atom is 0.317 e. The van der Waals surface area contributed by atoms with Gasteiger partial charge in [-0.3, -0.25) is 4.79 Å². The quantitative estimate of drug-likeness (QED) is 0.833. The SMILES string of the molecule is COc1ccccc1C(C)N(C)C(=O)NCCC(=O)O. The molecule has 0 saturated carbocycles. The summed E-state index contributed by atoms with van der Waals surface area (Å²) in [5.74, 6) is -0.226. The average Bonchev–Trinajstić information content (AvgIpc) is 2.45. The monoisotopic (exact) mass is 280 g/mol. The Morgan fingerprint density at radius 3 is 2.65 bits per heavy atom. The number of carboxylic acids is 1. The van der Waals surface area contributed by atoms with Gasteiger partial charge in [-0.15, -0.1) is 0 Å². The second-order valence-corrected chi connectivity index (χ2v) is 4.40. The van der Waals surface area contributed by atoms with Crippen LogP contribution in [0.15, 0.2) is 24.3 Å². The highest BCUT2D eigenvalue weighted by Gasteiger charge is 2.19. The highest BCUT2D eigenvalue weighted by molar-refractivity contribution is 5.75. The van der Waals surface area contributed by atoms with Crippen LogP contribution in [0, 0.1) is 0 Å². The number of amides is 2. The fourth-order valence-electron chi connectivity index (χ4n) is 1.80. The van der Waals surface area contributed by atoms with Gasteiger partial charge in [0.05, 0.1) is 19.6 Å². The molecular weight excluding hydrogens is 260 g/mol. The first-order valence-electron chi connectivity index (χ1n) is 6.32. The predicted octanol–water partition coefficient (Wildman–Crippen LogP) is 1.87. The number of carbonyl (C=O) groups is 2. The Morgan fingerprint density at radius 2 is 2.05 bits per heavy atom. The standard InChI is InChI=1S/C14H20N2O4/c1-10(11-6-4-5-7-12(11)20-3)16(2)14(19)15-9-8-13(17)18/h4-7,10H,8-9H2,1-3H3,(H,15,19)(H,17,18). The molecule has 0 aromatic heterocycles. The molecule has 1 aromatic rings. The van der Waals surface area contributed by atoms with Crippen LogP contribution in [0.25, 0.3) is 0 Å². The third-order valence-electron chi connectivity index (χ3n) is 3.11. The van der Waals surface area contributed by atoms with Crippen molar-refractivity contribution in [2.45, 2.75) is 19.4 Å². The Hall–Kier alpha value is -2.24. The van der Waals surface area contributed by atoms with E-state index >= 15 is 0 Å². The molecule has 0 aliphatic heterocycles. The zero-order valence-corrected chi connectivity index (χ0v) is 11.9. The summed E-state index contributed by atoms with van der Waals surface area (Å²) in [6.45, 7) is 1.99. The third kappa shape index (κ3) is 4.15. The Balaban J connectivity index is 2.68. The van der Waals surface area contributed by atoms with Gasteiger partial charge in [-0.1, -0.05) is 18.2 Å². The highest BCUT2D eigenvalue weighted by atomic mass is 16.5. The largest absolute Gasteiger partial charge is 0.496 e. The molecule has 0 heterocycles. The van der Waals surface area contributed by atoms with E-state index in [-0.39, 0.29) is 25.0 Å². The minimum Gasteiger partial charge on any atom is -0.496 e. The van der Waals surface area contributed by atoms with E-state index in [4.69, 9.17) is 9.84 Å². The van der Waals surface area contributed by atoms with Gasteiger partial charge in [0.1, 0.15) is 5.75 Å². The number of aliphatic carboxylic acids is 1. The molecule has 2 N–H and O–H groups in total. The van der Waals surface area contributed by atoms with E-state index in [0.29, 0.717) is 5.75 Å². The topological polar surface area (TPSA) is 78.9 Å². The zero-order chi connectivity index (χ0) is 15.1. The smallest absolute Gasteiger partial charge is 0.317 e. The molecule has 1 unspecified atom stereocenters. The van der Waals surface area contributed by atoms with Crippen LogP contribution in [0.4, 0.5) is 4.79 Å². The Bertz CT molecular complexity index is 476. The van der Waals surface area contributed by atoms with Gasteiger partial charge in [0, 0.05) is 19.2 Å². The van der Waals surface area contributed by atoms with E-state index in [1.54, 1.807) is 14.2 Å². The van der Waals surface area contributed by atoms with Gasteiger partial charge in [0.25, 0.3) is 0 Å². The van der Waals surface area contributed by atoms with Crippen LogP contribution >= 0.6 is 0 Å². The van der Waals surface area contributed by atoms with Gasteiger partial charge in [0.15, 0.2) is 0 Å². The minimum atomic E-state index is -0.939. The van der Waals surface area contributed by atoms with Crippen molar-refractivity contribution in [1.29, 1.82) is 0 Å². The lowest BCUT2D eigenvalue weighted by atomic mass is 10.1. The number of rotatable bonds is 6. The van der Waals surface area contributed by atoms with E-state index in [1.165, 1.54) is 4.90 Å². The molecule has 110 valence electrons. The number of nitrogens with one attached hydrogen (secondary N) is 1. The first-order valence-corrected chi connectivity index (χ1v) is 6.32. The molecule has 0 aliphatic rings. The van der Waals surface area contributed by atoms with Gasteiger partial charge in [-0.05, 0) is 13.0 Å². The first-order chi connectivity index (χ1) is 9.47. The Labute approximate surface area is 118 Å². The molecule has 2 amide bonds. The van der Waals surface area contributed by atoms with Crippen molar-refractivity contribution >= 4 is 12.0 Å². The molecule has 0 radical (unpaired) electrons. The van der Waals surface area contributed by atoms with Crippen molar-refractivity contribution in [3.63, 3.8) is 0 Å². The van der Waals surface area contributed by atoms with Crippen LogP contribution in [0.1, 0.15) is 24.9 Å². The number of carbonyl (C=O) groups excluding carboxylic acids is 1. The van der Waals surface area contributed by atoms with Gasteiger partial charge < -0.3 is 20.1 Å². The maximum atomic E-state index is 11.9. The molecule has 0 aliphatic carbocycles. The Morgan fingerprint density at radius 1 is 1.40 bits per heavy atom. The summed E-state index contributed by atoms with van der Waals surface area (Å²) in [6.07, 6.45) is -0.0946. The van der Waals surface area contributed by atoms with E-state index in [1.807, 2.05) is 31.2 Å². The molecule has 20 heavy (non-hydrogen) atoms. The molecule has 0 saturated heterocycles. The average molecular weight is 280 g/mol. The van der Waals surface area contributed by atoms with Crippen LogP contribution in [0.3, 0.4) is 0 Å². The summed E-state index contributed by atoms with van der Waals surface area (Å²) < 4.78 is 5.27. The summed E-state index contributed by atoms with van der Waals surface area (Å²) in [5, 5.41) is 11.1. The second-order valence-electron chi connectivity index (χ2n) is 4.40. The number of benzene rings is 1. The number of hydrogen-bond acceptors (Lipinski definition) is 3. The maximum absolute atomic E-state index is 11.9. The molecular formula is C14H20N2O4. The van der Waals surface area contributed by atoms with Gasteiger partial charge in [-0.25, -0.2) is 4.79 Å². The van der Waals surface area contributed by atoms with E-state index in [9.17, 15) is 9.59 Å². The molecule has 6 nitrogen and oxygen atoms in total. The third-order valence-corrected chi connectivity index (χ3v) is 3.11. The summed E-state index contributed by atoms with van der Waals surface area (Å²) in [5.41, 5.74) is 0.894. The van der Waals surface area contributed by atoms with Gasteiger partial charge in [0.2, 0.25) is 0 Å². The van der Waals surface area contributed by atoms with Crippen molar-refractivity contribution in [3.8, 4) is 5.75 Å². The van der Waals surface area contributed by atoms with Crippen LogP contribution < -0.4 is 10.1 Å². The summed E-state index contributed by atoms with van der Waals surface area (Å²) in [7, 11) is 3.24. The zero-order valence-electron chi connectivity index (χ0n) is 11.9. The molecule has 0 bridgehead atoms. The van der Waals surface area contributed by atoms with E-state index in [2.05, 4.69) is 5.32 Å². The van der Waals surface area contributed by atoms with Crippen molar-refractivity contribution in [1.82, 2.24) is 10.2 Å². The van der Waals surface area contributed by atoms with Crippen molar-refractivity contribution in [2.24, 2.45) is 0 Å². The molecule has 1 atom stereocenters. The number of hydrogen-bond donors (Lipinski definition) is 2. The number of nitrogens with zero attached hydrogens (tertiary/aromatic N) is 1. The minimum absolute atomic E-state index is 0.0946. The van der Waals surface area contributed by atoms with Crippen molar-refractivity contribution < 1.29 is 19.4 Å². The van der Waals surface area contributed by atoms with Gasteiger partial charge in [-0.2, -0.15) is 0 Å². The van der Waals surface area contributed by atoms with E-state index < -0.39 is 5.97 Å². The number of ether oxygens (including phenoxy) is 1. The molecule has 0 fully saturated rings. The fraction of sp³-hybridized carbons (Fsp3) is 0.429. The van der Waals surface area contributed by atoms with Crippen LogP contribution in [-0.2, 0) is 4.79 Å². The summed E-state index contributed by atoms with van der Waals surface area (Å²) in [4.78, 5) is 23.8. The van der Waals surface area contributed by atoms with Crippen molar-refractivity contribution in [3.05, 3.63) is 29.8 Å². The second kappa shape index (κ2) is 7.37. The lowest BCUT2D eigenvalue weighted by molar-refractivity contribution is -0.136. The van der Waals surface area contributed by atoms with Crippen LogP contribution in [0.2, 0.25) is 0 Å². The molecule has 1 aromatic carbocycles. The lowest BCUT2D eigenvalue weighted by Gasteiger charge is -2.26. The fourth-order valence-corrected chi connectivity index (χ4v) is 1.80. The predicted molar refractivity (Wildman–Crippen MR) is 74.8 cm³/mol. The number of carboxylic acid groups (broad SMARTS) is 1. The van der Waals surface area contributed by atoms with Gasteiger partial charge >= 0.3 is 12.0 Å². The van der Waals surface area contributed by atoms with Crippen LogP contribution in [0.5, 0.6) is 5.75 Å². The van der Waals surface area contributed by atoms with E-state index in [0.717, 1.165) is 5.56 Å². The number of urea groups is 1. The number of methoxy groups -OCH3 is 1. The normalized spacial score (nSPS) is 11.6.